The Bertz CT molecular complexity index is 729. The van der Waals surface area contributed by atoms with Crippen LogP contribution in [-0.4, -0.2) is 9.55 Å². The molecule has 98 valence electrons. The zero-order valence-corrected chi connectivity index (χ0v) is 11.4. The van der Waals surface area contributed by atoms with Gasteiger partial charge < -0.3 is 10.3 Å². The van der Waals surface area contributed by atoms with Crippen LogP contribution in [0, 0.1) is 5.82 Å². The molecule has 0 fully saturated rings. The van der Waals surface area contributed by atoms with Gasteiger partial charge in [0.15, 0.2) is 5.82 Å². The minimum atomic E-state index is -0.234. The van der Waals surface area contributed by atoms with Crippen LogP contribution in [0.1, 0.15) is 13.3 Å². The van der Waals surface area contributed by atoms with Crippen molar-refractivity contribution < 1.29 is 4.39 Å². The van der Waals surface area contributed by atoms with E-state index < -0.39 is 0 Å². The van der Waals surface area contributed by atoms with Crippen molar-refractivity contribution in [3.05, 3.63) is 36.1 Å². The molecule has 0 saturated heterocycles. The standard InChI is InChI=1S/C14H14FN3S/c1-2-7-18-11-8-9(15)3-4-10(11)17-14(18)12-5-6-13(16)19-12/h3-6,8H,2,7,16H2,1H3. The van der Waals surface area contributed by atoms with E-state index in [1.807, 2.05) is 12.1 Å². The van der Waals surface area contributed by atoms with Crippen LogP contribution in [0.5, 0.6) is 0 Å². The molecule has 2 N–H and O–H groups in total. The maximum atomic E-state index is 13.4. The Morgan fingerprint density at radius 1 is 1.32 bits per heavy atom. The van der Waals surface area contributed by atoms with E-state index in [1.54, 1.807) is 12.1 Å². The Labute approximate surface area is 114 Å². The van der Waals surface area contributed by atoms with E-state index in [2.05, 4.69) is 16.5 Å². The molecule has 2 heterocycles. The molecule has 0 unspecified atom stereocenters. The highest BCUT2D eigenvalue weighted by molar-refractivity contribution is 7.19. The second-order valence-electron chi connectivity index (χ2n) is 4.42. The van der Waals surface area contributed by atoms with Gasteiger partial charge in [-0.3, -0.25) is 0 Å². The minimum Gasteiger partial charge on any atom is -0.391 e. The lowest BCUT2D eigenvalue weighted by Crippen LogP contribution is -1.98. The van der Waals surface area contributed by atoms with Gasteiger partial charge in [0.2, 0.25) is 0 Å². The molecule has 0 aliphatic heterocycles. The van der Waals surface area contributed by atoms with Gasteiger partial charge in [0.05, 0.1) is 20.9 Å². The quantitative estimate of drug-likeness (QED) is 0.788. The highest BCUT2D eigenvalue weighted by Crippen LogP contribution is 2.32. The zero-order chi connectivity index (χ0) is 13.4. The number of aromatic nitrogens is 2. The molecular weight excluding hydrogens is 261 g/mol. The molecule has 5 heteroatoms. The van der Waals surface area contributed by atoms with E-state index in [9.17, 15) is 4.39 Å². The summed E-state index contributed by atoms with van der Waals surface area (Å²) in [5.41, 5.74) is 7.43. The van der Waals surface area contributed by atoms with Crippen LogP contribution < -0.4 is 5.73 Å². The van der Waals surface area contributed by atoms with Gasteiger partial charge in [0, 0.05) is 6.54 Å². The summed E-state index contributed by atoms with van der Waals surface area (Å²) in [5.74, 6) is 0.631. The highest BCUT2D eigenvalue weighted by Gasteiger charge is 2.14. The largest absolute Gasteiger partial charge is 0.391 e. The maximum Gasteiger partial charge on any atom is 0.151 e. The first-order valence-corrected chi connectivity index (χ1v) is 7.02. The number of halogens is 1. The van der Waals surface area contributed by atoms with E-state index >= 15 is 0 Å². The first-order valence-electron chi connectivity index (χ1n) is 6.20. The average molecular weight is 275 g/mol. The number of rotatable bonds is 3. The first-order chi connectivity index (χ1) is 9.19. The summed E-state index contributed by atoms with van der Waals surface area (Å²) in [6.45, 7) is 2.91. The average Bonchev–Trinajstić information content (AvgIpc) is 2.95. The number of aryl methyl sites for hydroxylation is 1. The van der Waals surface area contributed by atoms with E-state index in [1.165, 1.54) is 17.4 Å². The lowest BCUT2D eigenvalue weighted by Gasteiger charge is -2.05. The third kappa shape index (κ3) is 2.10. The lowest BCUT2D eigenvalue weighted by atomic mass is 10.3. The van der Waals surface area contributed by atoms with Crippen LogP contribution in [0.15, 0.2) is 30.3 Å². The van der Waals surface area contributed by atoms with Crippen LogP contribution in [0.4, 0.5) is 9.39 Å². The van der Waals surface area contributed by atoms with E-state index in [4.69, 9.17) is 5.73 Å². The smallest absolute Gasteiger partial charge is 0.151 e. The molecule has 0 bridgehead atoms. The van der Waals surface area contributed by atoms with Crippen LogP contribution in [0.3, 0.4) is 0 Å². The number of thiophene rings is 1. The Hall–Kier alpha value is -1.88. The first kappa shape index (κ1) is 12.2. The Morgan fingerprint density at radius 2 is 2.16 bits per heavy atom. The van der Waals surface area contributed by atoms with Crippen molar-refractivity contribution in [2.24, 2.45) is 0 Å². The number of hydrogen-bond acceptors (Lipinski definition) is 3. The Balaban J connectivity index is 2.25. The topological polar surface area (TPSA) is 43.8 Å². The molecule has 2 aromatic heterocycles. The summed E-state index contributed by atoms with van der Waals surface area (Å²) in [4.78, 5) is 5.62. The number of nitrogens with zero attached hydrogens (tertiary/aromatic N) is 2. The molecule has 1 aromatic carbocycles. The van der Waals surface area contributed by atoms with Gasteiger partial charge in [0.25, 0.3) is 0 Å². The second-order valence-corrected chi connectivity index (χ2v) is 5.54. The van der Waals surface area contributed by atoms with Gasteiger partial charge in [-0.25, -0.2) is 9.37 Å². The van der Waals surface area contributed by atoms with Gasteiger partial charge >= 0.3 is 0 Å². The van der Waals surface area contributed by atoms with Crippen molar-refractivity contribution in [1.29, 1.82) is 0 Å². The molecular formula is C14H14FN3S. The van der Waals surface area contributed by atoms with Crippen molar-refractivity contribution in [2.45, 2.75) is 19.9 Å². The number of hydrogen-bond donors (Lipinski definition) is 1. The van der Waals surface area contributed by atoms with E-state index in [0.29, 0.717) is 0 Å². The summed E-state index contributed by atoms with van der Waals surface area (Å²) in [5, 5.41) is 0.760. The summed E-state index contributed by atoms with van der Waals surface area (Å²) in [6.07, 6.45) is 0.968. The molecule has 0 aliphatic rings. The van der Waals surface area contributed by atoms with Crippen molar-refractivity contribution in [3.8, 4) is 10.7 Å². The second kappa shape index (κ2) is 4.66. The molecule has 0 amide bonds. The Kier molecular flexibility index (Phi) is 2.98. The predicted octanol–water partition coefficient (Wildman–Crippen LogP) is 3.90. The number of nitrogen functional groups attached to an aromatic ring is 1. The van der Waals surface area contributed by atoms with Crippen LogP contribution >= 0.6 is 11.3 Å². The summed E-state index contributed by atoms with van der Waals surface area (Å²) in [7, 11) is 0. The number of imidazole rings is 1. The molecule has 0 aliphatic carbocycles. The normalized spacial score (nSPS) is 11.3. The van der Waals surface area contributed by atoms with Gasteiger partial charge in [-0.1, -0.05) is 6.92 Å². The fourth-order valence-electron chi connectivity index (χ4n) is 2.21. The highest BCUT2D eigenvalue weighted by atomic mass is 32.1. The van der Waals surface area contributed by atoms with Crippen molar-refractivity contribution in [1.82, 2.24) is 9.55 Å². The molecule has 3 nitrogen and oxygen atoms in total. The maximum absolute atomic E-state index is 13.4. The van der Waals surface area contributed by atoms with Crippen molar-refractivity contribution >= 4 is 27.4 Å². The van der Waals surface area contributed by atoms with Crippen molar-refractivity contribution in [3.63, 3.8) is 0 Å². The van der Waals surface area contributed by atoms with Gasteiger partial charge in [0.1, 0.15) is 5.82 Å². The van der Waals surface area contributed by atoms with E-state index in [0.717, 1.165) is 39.7 Å². The third-order valence-electron chi connectivity index (χ3n) is 3.00. The molecule has 19 heavy (non-hydrogen) atoms. The fraction of sp³-hybridized carbons (Fsp3) is 0.214. The molecule has 0 saturated carbocycles. The summed E-state index contributed by atoms with van der Waals surface area (Å²) < 4.78 is 15.5. The van der Waals surface area contributed by atoms with Crippen LogP contribution in [-0.2, 0) is 6.54 Å². The molecule has 0 atom stereocenters. The van der Waals surface area contributed by atoms with Gasteiger partial charge in [-0.05, 0) is 36.8 Å². The summed E-state index contributed by atoms with van der Waals surface area (Å²) >= 11 is 1.50. The monoisotopic (exact) mass is 275 g/mol. The lowest BCUT2D eigenvalue weighted by molar-refractivity contribution is 0.627. The molecule has 0 spiro atoms. The minimum absolute atomic E-state index is 0.234. The van der Waals surface area contributed by atoms with Crippen LogP contribution in [0.25, 0.3) is 21.7 Å². The van der Waals surface area contributed by atoms with Gasteiger partial charge in [-0.15, -0.1) is 11.3 Å². The predicted molar refractivity (Wildman–Crippen MR) is 77.7 cm³/mol. The molecule has 0 radical (unpaired) electrons. The number of fused-ring (bicyclic) bond motifs is 1. The van der Waals surface area contributed by atoms with Crippen LogP contribution in [0.2, 0.25) is 0 Å². The number of anilines is 1. The van der Waals surface area contributed by atoms with E-state index in [-0.39, 0.29) is 5.82 Å². The number of benzene rings is 1. The fourth-order valence-corrected chi connectivity index (χ4v) is 2.98. The zero-order valence-electron chi connectivity index (χ0n) is 10.6. The summed E-state index contributed by atoms with van der Waals surface area (Å²) in [6, 6.07) is 8.54. The Morgan fingerprint density at radius 3 is 2.84 bits per heavy atom. The number of nitrogens with two attached hydrogens (primary N) is 1. The third-order valence-corrected chi connectivity index (χ3v) is 3.92. The van der Waals surface area contributed by atoms with Gasteiger partial charge in [-0.2, -0.15) is 0 Å². The SMILES string of the molecule is CCCn1c(-c2ccc(N)s2)nc2ccc(F)cc21. The molecule has 3 rings (SSSR count). The van der Waals surface area contributed by atoms with Crippen molar-refractivity contribution in [2.75, 3.05) is 5.73 Å². The molecule has 3 aromatic rings.